The summed E-state index contributed by atoms with van der Waals surface area (Å²) in [7, 11) is 0. The molecule has 2 unspecified atom stereocenters. The van der Waals surface area contributed by atoms with E-state index < -0.39 is 6.10 Å². The SMILES string of the molecule is CCC(C)(CC)CC(C(O)CO)C(C)(CC)CC. The van der Waals surface area contributed by atoms with Crippen molar-refractivity contribution in [1.29, 1.82) is 0 Å². The van der Waals surface area contributed by atoms with Gasteiger partial charge in [-0.15, -0.1) is 0 Å². The van der Waals surface area contributed by atoms with Gasteiger partial charge in [0.25, 0.3) is 0 Å². The first-order valence-corrected chi connectivity index (χ1v) is 7.61. The van der Waals surface area contributed by atoms with E-state index in [-0.39, 0.29) is 23.4 Å². The second-order valence-electron chi connectivity index (χ2n) is 6.44. The summed E-state index contributed by atoms with van der Waals surface area (Å²) in [6.07, 6.45) is 4.76. The minimum Gasteiger partial charge on any atom is -0.394 e. The molecule has 0 aromatic carbocycles. The smallest absolute Gasteiger partial charge is 0.0804 e. The fourth-order valence-electron chi connectivity index (χ4n) is 2.82. The molecule has 0 aromatic heterocycles. The van der Waals surface area contributed by atoms with Gasteiger partial charge in [0.15, 0.2) is 0 Å². The van der Waals surface area contributed by atoms with Crippen molar-refractivity contribution in [2.75, 3.05) is 6.61 Å². The highest BCUT2D eigenvalue weighted by Crippen LogP contribution is 2.45. The Kier molecular flexibility index (Phi) is 7.46. The molecule has 110 valence electrons. The zero-order valence-electron chi connectivity index (χ0n) is 13.3. The Bertz CT molecular complexity index is 217. The van der Waals surface area contributed by atoms with Crippen molar-refractivity contribution in [3.05, 3.63) is 0 Å². The van der Waals surface area contributed by atoms with E-state index in [9.17, 15) is 10.2 Å². The van der Waals surface area contributed by atoms with Crippen LogP contribution in [0.4, 0.5) is 0 Å². The van der Waals surface area contributed by atoms with Gasteiger partial charge in [-0.3, -0.25) is 0 Å². The number of hydrogen-bond donors (Lipinski definition) is 2. The third kappa shape index (κ3) is 4.24. The fraction of sp³-hybridized carbons (Fsp3) is 1.00. The Hall–Kier alpha value is -0.0800. The monoisotopic (exact) mass is 258 g/mol. The first-order chi connectivity index (χ1) is 8.32. The summed E-state index contributed by atoms with van der Waals surface area (Å²) >= 11 is 0. The third-order valence-electron chi connectivity index (χ3n) is 5.58. The maximum atomic E-state index is 10.2. The molecule has 0 fully saturated rings. The van der Waals surface area contributed by atoms with Crippen LogP contribution in [0.3, 0.4) is 0 Å². The van der Waals surface area contributed by atoms with Crippen LogP contribution in [0.1, 0.15) is 73.6 Å². The normalized spacial score (nSPS) is 16.7. The maximum Gasteiger partial charge on any atom is 0.0804 e. The second-order valence-corrected chi connectivity index (χ2v) is 6.44. The van der Waals surface area contributed by atoms with Gasteiger partial charge in [0, 0.05) is 0 Å². The largest absolute Gasteiger partial charge is 0.394 e. The van der Waals surface area contributed by atoms with Crippen LogP contribution in [0.2, 0.25) is 0 Å². The Balaban J connectivity index is 5.12. The average molecular weight is 258 g/mol. The summed E-state index contributed by atoms with van der Waals surface area (Å²) in [6, 6.07) is 0. The number of rotatable bonds is 9. The second kappa shape index (κ2) is 7.49. The molecule has 0 rings (SSSR count). The molecule has 0 aliphatic heterocycles. The molecular weight excluding hydrogens is 224 g/mol. The van der Waals surface area contributed by atoms with Crippen LogP contribution < -0.4 is 0 Å². The lowest BCUT2D eigenvalue weighted by atomic mass is 9.63. The Morgan fingerprint density at radius 2 is 1.33 bits per heavy atom. The van der Waals surface area contributed by atoms with Gasteiger partial charge >= 0.3 is 0 Å². The predicted octanol–water partition coefficient (Wildman–Crippen LogP) is 4.00. The van der Waals surface area contributed by atoms with Gasteiger partial charge in [-0.2, -0.15) is 0 Å². The molecule has 0 saturated carbocycles. The van der Waals surface area contributed by atoms with Crippen LogP contribution in [0.5, 0.6) is 0 Å². The Labute approximate surface area is 114 Å². The number of aliphatic hydroxyl groups excluding tert-OH is 2. The number of aliphatic hydroxyl groups is 2. The third-order valence-corrected chi connectivity index (χ3v) is 5.58. The van der Waals surface area contributed by atoms with Gasteiger partial charge in [-0.25, -0.2) is 0 Å². The van der Waals surface area contributed by atoms with Gasteiger partial charge in [0.2, 0.25) is 0 Å². The summed E-state index contributed by atoms with van der Waals surface area (Å²) < 4.78 is 0. The van der Waals surface area contributed by atoms with E-state index in [2.05, 4.69) is 41.5 Å². The minimum absolute atomic E-state index is 0.119. The Morgan fingerprint density at radius 3 is 1.61 bits per heavy atom. The van der Waals surface area contributed by atoms with Crippen LogP contribution in [0.15, 0.2) is 0 Å². The van der Waals surface area contributed by atoms with E-state index in [0.717, 1.165) is 32.1 Å². The van der Waals surface area contributed by atoms with Crippen molar-refractivity contribution in [1.82, 2.24) is 0 Å². The van der Waals surface area contributed by atoms with Crippen molar-refractivity contribution >= 4 is 0 Å². The van der Waals surface area contributed by atoms with Gasteiger partial charge in [-0.05, 0) is 23.2 Å². The molecule has 0 aliphatic rings. The maximum absolute atomic E-state index is 10.2. The van der Waals surface area contributed by atoms with Gasteiger partial charge < -0.3 is 10.2 Å². The molecule has 18 heavy (non-hydrogen) atoms. The molecule has 2 nitrogen and oxygen atoms in total. The van der Waals surface area contributed by atoms with Crippen LogP contribution in [0, 0.1) is 16.7 Å². The van der Waals surface area contributed by atoms with Gasteiger partial charge in [0.05, 0.1) is 12.7 Å². The van der Waals surface area contributed by atoms with Gasteiger partial charge in [-0.1, -0.05) is 67.2 Å². The minimum atomic E-state index is -0.590. The molecule has 0 amide bonds. The van der Waals surface area contributed by atoms with Crippen LogP contribution in [0.25, 0.3) is 0 Å². The molecule has 2 N–H and O–H groups in total. The summed E-state index contributed by atoms with van der Waals surface area (Å²) in [5, 5.41) is 19.6. The highest BCUT2D eigenvalue weighted by molar-refractivity contribution is 4.89. The molecule has 0 aromatic rings. The summed E-state index contributed by atoms with van der Waals surface area (Å²) in [4.78, 5) is 0. The summed E-state index contributed by atoms with van der Waals surface area (Å²) in [5.74, 6) is 0.183. The van der Waals surface area contributed by atoms with Gasteiger partial charge in [0.1, 0.15) is 0 Å². The lowest BCUT2D eigenvalue weighted by molar-refractivity contribution is -0.0378. The standard InChI is InChI=1S/C16H34O2/c1-7-15(5,8-2)11-13(14(18)12-17)16(6,9-3)10-4/h13-14,17-18H,7-12H2,1-6H3. The van der Waals surface area contributed by atoms with Crippen molar-refractivity contribution in [3.8, 4) is 0 Å². The van der Waals surface area contributed by atoms with E-state index >= 15 is 0 Å². The summed E-state index contributed by atoms with van der Waals surface area (Å²) in [6.45, 7) is 13.3. The van der Waals surface area contributed by atoms with E-state index in [0.29, 0.717) is 0 Å². The molecule has 0 bridgehead atoms. The molecule has 0 saturated heterocycles. The number of hydrogen-bond acceptors (Lipinski definition) is 2. The molecule has 0 radical (unpaired) electrons. The molecule has 0 spiro atoms. The lowest BCUT2D eigenvalue weighted by Gasteiger charge is -2.43. The highest BCUT2D eigenvalue weighted by atomic mass is 16.3. The lowest BCUT2D eigenvalue weighted by Crippen LogP contribution is -2.40. The van der Waals surface area contributed by atoms with Crippen molar-refractivity contribution in [3.63, 3.8) is 0 Å². The zero-order chi connectivity index (χ0) is 14.4. The fourth-order valence-corrected chi connectivity index (χ4v) is 2.82. The quantitative estimate of drug-likeness (QED) is 0.656. The van der Waals surface area contributed by atoms with Crippen molar-refractivity contribution in [2.45, 2.75) is 79.8 Å². The summed E-state index contributed by atoms with van der Waals surface area (Å²) in [5.41, 5.74) is 0.389. The molecule has 0 heterocycles. The Morgan fingerprint density at radius 1 is 0.889 bits per heavy atom. The topological polar surface area (TPSA) is 40.5 Å². The zero-order valence-corrected chi connectivity index (χ0v) is 13.3. The van der Waals surface area contributed by atoms with E-state index in [4.69, 9.17) is 0 Å². The van der Waals surface area contributed by atoms with Crippen LogP contribution in [-0.2, 0) is 0 Å². The highest BCUT2D eigenvalue weighted by Gasteiger charge is 2.39. The average Bonchev–Trinajstić information content (AvgIpc) is 2.42. The molecule has 2 heteroatoms. The molecule has 2 atom stereocenters. The van der Waals surface area contributed by atoms with Crippen LogP contribution >= 0.6 is 0 Å². The van der Waals surface area contributed by atoms with E-state index in [1.807, 2.05) is 0 Å². The van der Waals surface area contributed by atoms with Crippen molar-refractivity contribution < 1.29 is 10.2 Å². The first kappa shape index (κ1) is 17.9. The van der Waals surface area contributed by atoms with E-state index in [1.165, 1.54) is 0 Å². The molecular formula is C16H34O2. The van der Waals surface area contributed by atoms with E-state index in [1.54, 1.807) is 0 Å². The predicted molar refractivity (Wildman–Crippen MR) is 78.6 cm³/mol. The van der Waals surface area contributed by atoms with Crippen LogP contribution in [-0.4, -0.2) is 22.9 Å². The first-order valence-electron chi connectivity index (χ1n) is 7.61. The molecule has 0 aliphatic carbocycles. The van der Waals surface area contributed by atoms with Crippen molar-refractivity contribution in [2.24, 2.45) is 16.7 Å².